The SMILES string of the molecule is C=C(C)/C(=N\OCC1CC1)C([O-])=N[C@@H]1C(=O)N2[C@@H]1SC(C)(C)[C@@H]2C(=O)O.[Na+]. The fourth-order valence-corrected chi connectivity index (χ4v) is 4.70. The van der Waals surface area contributed by atoms with Crippen LogP contribution >= 0.6 is 11.8 Å². The second-order valence-corrected chi connectivity index (χ2v) is 9.21. The molecule has 8 nitrogen and oxygen atoms in total. The van der Waals surface area contributed by atoms with Crippen LogP contribution in [0, 0.1) is 5.92 Å². The summed E-state index contributed by atoms with van der Waals surface area (Å²) in [5.74, 6) is -1.68. The van der Waals surface area contributed by atoms with Crippen molar-refractivity contribution in [2.45, 2.75) is 55.8 Å². The van der Waals surface area contributed by atoms with Crippen molar-refractivity contribution in [2.24, 2.45) is 16.1 Å². The Morgan fingerprint density at radius 2 is 2.11 bits per heavy atom. The second kappa shape index (κ2) is 8.14. The maximum Gasteiger partial charge on any atom is 1.00 e. The molecule has 3 fully saturated rings. The molecule has 0 aromatic carbocycles. The Hall–Kier alpha value is -1.03. The number of thioether (sulfide) groups is 1. The van der Waals surface area contributed by atoms with Crippen LogP contribution in [0.5, 0.6) is 0 Å². The molecule has 2 saturated heterocycles. The predicted octanol–water partition coefficient (Wildman–Crippen LogP) is -2.38. The van der Waals surface area contributed by atoms with E-state index in [9.17, 15) is 19.8 Å². The quantitative estimate of drug-likeness (QED) is 0.167. The van der Waals surface area contributed by atoms with E-state index in [0.29, 0.717) is 18.1 Å². The molecular formula is C17H22N3NaO5S. The van der Waals surface area contributed by atoms with E-state index >= 15 is 0 Å². The average Bonchev–Trinajstić information content (AvgIpc) is 3.31. The number of aliphatic carboxylic acids is 1. The molecule has 0 unspecified atom stereocenters. The number of rotatable bonds is 7. The van der Waals surface area contributed by atoms with Crippen LogP contribution in [0.4, 0.5) is 0 Å². The summed E-state index contributed by atoms with van der Waals surface area (Å²) < 4.78 is -0.655. The third-order valence-electron chi connectivity index (χ3n) is 4.67. The van der Waals surface area contributed by atoms with Crippen molar-refractivity contribution in [1.29, 1.82) is 0 Å². The number of carboxylic acid groups (broad SMARTS) is 1. The molecule has 1 N–H and O–H groups in total. The third-order valence-corrected chi connectivity index (χ3v) is 6.23. The fraction of sp³-hybridized carbons (Fsp3) is 0.647. The van der Waals surface area contributed by atoms with Crippen LogP contribution < -0.4 is 34.7 Å². The molecule has 0 spiro atoms. The number of hydrogen-bond donors (Lipinski definition) is 1. The number of hydrogen-bond acceptors (Lipinski definition) is 7. The maximum atomic E-state index is 12.5. The number of carbonyl (C=O) groups excluding carboxylic acids is 1. The number of carbonyl (C=O) groups is 2. The first-order valence-corrected chi connectivity index (χ1v) is 9.35. The molecule has 27 heavy (non-hydrogen) atoms. The number of nitrogens with zero attached hydrogens (tertiary/aromatic N) is 3. The standard InChI is InChI=1S/C17H23N3O5S.Na/c1-8(2)10(19-25-7-9-5-6-9)13(21)18-11-14(22)20-12(16(23)24)17(3,4)26-15(11)20;/h9,11-12,15H,1,5-7H2,2-4H3,(H,18,21)(H,23,24);/q;+1/p-1/b19-10+;/t11-,12+,15-;/m1./s1. The molecule has 3 rings (SSSR count). The normalized spacial score (nSPS) is 29.5. The van der Waals surface area contributed by atoms with Gasteiger partial charge in [-0.15, -0.1) is 11.8 Å². The van der Waals surface area contributed by atoms with E-state index < -0.39 is 40.0 Å². The van der Waals surface area contributed by atoms with Gasteiger partial charge in [-0.05, 0) is 45.1 Å². The minimum atomic E-state index is -1.05. The number of oxime groups is 1. The van der Waals surface area contributed by atoms with E-state index in [0.717, 1.165) is 12.8 Å². The van der Waals surface area contributed by atoms with Crippen molar-refractivity contribution >= 4 is 35.2 Å². The zero-order valence-electron chi connectivity index (χ0n) is 16.0. The van der Waals surface area contributed by atoms with E-state index in [1.807, 2.05) is 0 Å². The van der Waals surface area contributed by atoms with Crippen LogP contribution in [0.25, 0.3) is 0 Å². The van der Waals surface area contributed by atoms with Crippen LogP contribution in [-0.4, -0.2) is 62.3 Å². The Kier molecular flexibility index (Phi) is 6.72. The van der Waals surface area contributed by atoms with Gasteiger partial charge in [-0.2, -0.15) is 0 Å². The molecule has 3 aliphatic rings. The summed E-state index contributed by atoms with van der Waals surface area (Å²) >= 11 is 1.34. The van der Waals surface area contributed by atoms with Crippen molar-refractivity contribution in [1.82, 2.24) is 4.90 Å². The number of β-lactam (4-membered cyclic amide) rings is 1. The van der Waals surface area contributed by atoms with E-state index in [2.05, 4.69) is 16.7 Å². The fourth-order valence-electron chi connectivity index (χ4n) is 3.09. The number of aliphatic imine (C=N–C) groups is 1. The molecule has 2 heterocycles. The Bertz CT molecular complexity index is 719. The zero-order valence-corrected chi connectivity index (χ0v) is 18.8. The van der Waals surface area contributed by atoms with Crippen molar-refractivity contribution in [3.8, 4) is 0 Å². The summed E-state index contributed by atoms with van der Waals surface area (Å²) in [6.45, 7) is 9.33. The Morgan fingerprint density at radius 3 is 2.63 bits per heavy atom. The molecule has 3 atom stereocenters. The molecule has 1 amide bonds. The first kappa shape index (κ1) is 22.3. The molecular weight excluding hydrogens is 381 g/mol. The van der Waals surface area contributed by atoms with Gasteiger partial charge in [0.25, 0.3) is 5.91 Å². The van der Waals surface area contributed by atoms with Gasteiger partial charge in [-0.3, -0.25) is 9.79 Å². The molecule has 1 aliphatic carbocycles. The molecule has 0 aromatic heterocycles. The smallest absolute Gasteiger partial charge is 0.857 e. The van der Waals surface area contributed by atoms with Gasteiger partial charge in [0.15, 0.2) is 6.04 Å². The minimum Gasteiger partial charge on any atom is -0.857 e. The van der Waals surface area contributed by atoms with Gasteiger partial charge in [0.2, 0.25) is 0 Å². The third kappa shape index (κ3) is 4.36. The molecule has 10 heteroatoms. The van der Waals surface area contributed by atoms with E-state index in [-0.39, 0.29) is 35.3 Å². The molecule has 142 valence electrons. The van der Waals surface area contributed by atoms with Crippen LogP contribution in [0.3, 0.4) is 0 Å². The Balaban J connectivity index is 0.00000261. The molecule has 0 bridgehead atoms. The van der Waals surface area contributed by atoms with Crippen LogP contribution in [0.15, 0.2) is 22.3 Å². The largest absolute Gasteiger partial charge is 1.00 e. The number of fused-ring (bicyclic) bond motifs is 1. The predicted molar refractivity (Wildman–Crippen MR) is 95.9 cm³/mol. The van der Waals surface area contributed by atoms with Crippen LogP contribution in [0.1, 0.15) is 33.6 Å². The van der Waals surface area contributed by atoms with Crippen molar-refractivity contribution < 1.29 is 54.2 Å². The van der Waals surface area contributed by atoms with Crippen molar-refractivity contribution in [3.05, 3.63) is 12.2 Å². The first-order chi connectivity index (χ1) is 12.1. The summed E-state index contributed by atoms with van der Waals surface area (Å²) in [5, 5.41) is 25.3. The van der Waals surface area contributed by atoms with E-state index in [4.69, 9.17) is 4.84 Å². The van der Waals surface area contributed by atoms with Gasteiger partial charge in [-0.25, -0.2) is 4.79 Å². The van der Waals surface area contributed by atoms with Gasteiger partial charge in [-0.1, -0.05) is 11.7 Å². The number of amides is 1. The van der Waals surface area contributed by atoms with Crippen LogP contribution in [-0.2, 0) is 14.4 Å². The summed E-state index contributed by atoms with van der Waals surface area (Å²) in [6, 6.07) is -1.83. The van der Waals surface area contributed by atoms with Crippen molar-refractivity contribution in [3.63, 3.8) is 0 Å². The van der Waals surface area contributed by atoms with Gasteiger partial charge in [0.1, 0.15) is 23.7 Å². The second-order valence-electron chi connectivity index (χ2n) is 7.44. The van der Waals surface area contributed by atoms with Gasteiger partial charge < -0.3 is 20.0 Å². The Labute approximate surface area is 184 Å². The molecule has 1 saturated carbocycles. The zero-order chi connectivity index (χ0) is 19.2. The monoisotopic (exact) mass is 403 g/mol. The summed E-state index contributed by atoms with van der Waals surface area (Å²) in [7, 11) is 0. The molecule has 0 radical (unpaired) electrons. The van der Waals surface area contributed by atoms with Crippen LogP contribution in [0.2, 0.25) is 0 Å². The molecule has 2 aliphatic heterocycles. The first-order valence-electron chi connectivity index (χ1n) is 8.47. The topological polar surface area (TPSA) is 115 Å². The summed E-state index contributed by atoms with van der Waals surface area (Å²) in [6.07, 6.45) is 2.20. The summed E-state index contributed by atoms with van der Waals surface area (Å²) in [5.41, 5.74) is 0.398. The average molecular weight is 403 g/mol. The summed E-state index contributed by atoms with van der Waals surface area (Å²) in [4.78, 5) is 34.4. The Morgan fingerprint density at radius 1 is 1.48 bits per heavy atom. The minimum absolute atomic E-state index is 0. The van der Waals surface area contributed by atoms with Gasteiger partial charge >= 0.3 is 35.5 Å². The van der Waals surface area contributed by atoms with E-state index in [1.54, 1.807) is 20.8 Å². The van der Waals surface area contributed by atoms with E-state index in [1.165, 1.54) is 16.7 Å². The molecule has 0 aromatic rings. The van der Waals surface area contributed by atoms with Gasteiger partial charge in [0, 0.05) is 10.6 Å². The maximum absolute atomic E-state index is 12.5. The van der Waals surface area contributed by atoms with Gasteiger partial charge in [0.05, 0.1) is 0 Å². The van der Waals surface area contributed by atoms with Crippen molar-refractivity contribution in [2.75, 3.05) is 6.61 Å². The number of carboxylic acids is 1.